The maximum atomic E-state index is 10.3. The third kappa shape index (κ3) is 3.46. The molecule has 0 bridgehead atoms. The summed E-state index contributed by atoms with van der Waals surface area (Å²) >= 11 is 0. The highest BCUT2D eigenvalue weighted by atomic mass is 16.3. The molecule has 0 radical (unpaired) electrons. The van der Waals surface area contributed by atoms with E-state index in [4.69, 9.17) is 5.11 Å². The number of fused-ring (bicyclic) bond motifs is 1. The first-order chi connectivity index (χ1) is 10.1. The van der Waals surface area contributed by atoms with Gasteiger partial charge in [0.15, 0.2) is 0 Å². The van der Waals surface area contributed by atoms with E-state index < -0.39 is 6.10 Å². The second kappa shape index (κ2) is 7.07. The van der Waals surface area contributed by atoms with Crippen molar-refractivity contribution in [3.05, 3.63) is 35.5 Å². The number of rotatable bonds is 7. The number of aliphatic hydroxyl groups is 2. The summed E-state index contributed by atoms with van der Waals surface area (Å²) in [5, 5.41) is 23.9. The molecule has 116 valence electrons. The first-order valence-electron chi connectivity index (χ1n) is 7.65. The molecule has 21 heavy (non-hydrogen) atoms. The van der Waals surface area contributed by atoms with Crippen LogP contribution >= 0.6 is 0 Å². The highest BCUT2D eigenvalue weighted by molar-refractivity contribution is 5.85. The summed E-state index contributed by atoms with van der Waals surface area (Å²) in [6, 6.07) is 8.35. The lowest BCUT2D eigenvalue weighted by atomic mass is 10.2. The van der Waals surface area contributed by atoms with Crippen molar-refractivity contribution in [2.45, 2.75) is 45.9 Å². The topological polar surface area (TPSA) is 57.4 Å². The number of aromatic nitrogens is 1. The minimum absolute atomic E-state index is 0.0592. The number of benzene rings is 1. The summed E-state index contributed by atoms with van der Waals surface area (Å²) in [4.78, 5) is 0. The molecule has 1 aromatic heterocycles. The van der Waals surface area contributed by atoms with Gasteiger partial charge >= 0.3 is 0 Å². The highest BCUT2D eigenvalue weighted by Crippen LogP contribution is 2.25. The predicted molar refractivity (Wildman–Crippen MR) is 86.6 cm³/mol. The fraction of sp³-hybridized carbons (Fsp3) is 0.529. The van der Waals surface area contributed by atoms with Crippen LogP contribution in [0.1, 0.15) is 24.6 Å². The van der Waals surface area contributed by atoms with Crippen molar-refractivity contribution in [3.63, 3.8) is 0 Å². The predicted octanol–water partition coefficient (Wildman–Crippen LogP) is 1.98. The van der Waals surface area contributed by atoms with Crippen LogP contribution < -0.4 is 5.32 Å². The fourth-order valence-electron chi connectivity index (χ4n) is 2.76. The van der Waals surface area contributed by atoms with Gasteiger partial charge in [0.2, 0.25) is 0 Å². The van der Waals surface area contributed by atoms with Crippen LogP contribution in [0.4, 0.5) is 0 Å². The zero-order valence-corrected chi connectivity index (χ0v) is 13.1. The molecule has 0 saturated carbocycles. The standard InChI is InChI=1S/C17H26N2O2/c1-4-14(11-20)18-9-15(21)10-19-13(3)12(2)16-7-5-6-8-17(16)19/h5-8,14-15,18,20-21H,4,9-11H2,1-3H3/t14-,15?/m1/s1. The molecule has 2 atom stereocenters. The molecule has 0 aliphatic rings. The molecule has 0 saturated heterocycles. The SMILES string of the molecule is CC[C@H](CO)NCC(O)Cn1c(C)c(C)c2ccccc21. The van der Waals surface area contributed by atoms with Crippen molar-refractivity contribution in [2.75, 3.05) is 13.2 Å². The third-order valence-electron chi connectivity index (χ3n) is 4.30. The van der Waals surface area contributed by atoms with Gasteiger partial charge in [0.05, 0.1) is 19.3 Å². The molecule has 0 amide bonds. The van der Waals surface area contributed by atoms with Crippen LogP contribution in [0.3, 0.4) is 0 Å². The maximum absolute atomic E-state index is 10.3. The van der Waals surface area contributed by atoms with Crippen LogP contribution in [0.2, 0.25) is 0 Å². The van der Waals surface area contributed by atoms with Gasteiger partial charge in [-0.1, -0.05) is 25.1 Å². The molecule has 2 rings (SSSR count). The van der Waals surface area contributed by atoms with Gasteiger partial charge in [0, 0.05) is 29.2 Å². The lowest BCUT2D eigenvalue weighted by molar-refractivity contribution is 0.139. The molecule has 0 aliphatic heterocycles. The zero-order chi connectivity index (χ0) is 15.4. The van der Waals surface area contributed by atoms with E-state index in [0.717, 1.165) is 6.42 Å². The minimum Gasteiger partial charge on any atom is -0.395 e. The van der Waals surface area contributed by atoms with Gasteiger partial charge in [-0.2, -0.15) is 0 Å². The third-order valence-corrected chi connectivity index (χ3v) is 4.30. The molecule has 3 N–H and O–H groups in total. The summed E-state index contributed by atoms with van der Waals surface area (Å²) in [7, 11) is 0. The smallest absolute Gasteiger partial charge is 0.0843 e. The summed E-state index contributed by atoms with van der Waals surface area (Å²) in [6.45, 7) is 7.40. The van der Waals surface area contributed by atoms with Crippen LogP contribution in [-0.2, 0) is 6.54 Å². The van der Waals surface area contributed by atoms with Crippen LogP contribution in [0.25, 0.3) is 10.9 Å². The monoisotopic (exact) mass is 290 g/mol. The molecule has 1 unspecified atom stereocenters. The summed E-state index contributed by atoms with van der Waals surface area (Å²) in [6.07, 6.45) is 0.382. The van der Waals surface area contributed by atoms with E-state index in [0.29, 0.717) is 13.1 Å². The van der Waals surface area contributed by atoms with E-state index in [2.05, 4.69) is 35.9 Å². The van der Waals surface area contributed by atoms with E-state index >= 15 is 0 Å². The number of para-hydroxylation sites is 1. The highest BCUT2D eigenvalue weighted by Gasteiger charge is 2.14. The van der Waals surface area contributed by atoms with Crippen LogP contribution in [0.15, 0.2) is 24.3 Å². The van der Waals surface area contributed by atoms with Gasteiger partial charge in [-0.25, -0.2) is 0 Å². The van der Waals surface area contributed by atoms with Crippen molar-refractivity contribution in [1.82, 2.24) is 9.88 Å². The quantitative estimate of drug-likeness (QED) is 0.731. The van der Waals surface area contributed by atoms with Crippen LogP contribution in [0, 0.1) is 13.8 Å². The van der Waals surface area contributed by atoms with E-state index in [1.165, 1.54) is 22.2 Å². The number of hydrogen-bond donors (Lipinski definition) is 3. The van der Waals surface area contributed by atoms with Crippen LogP contribution in [-0.4, -0.2) is 40.1 Å². The molecular weight excluding hydrogens is 264 g/mol. The molecule has 1 heterocycles. The summed E-state index contributed by atoms with van der Waals surface area (Å²) in [5.74, 6) is 0. The van der Waals surface area contributed by atoms with Gasteiger partial charge in [0.25, 0.3) is 0 Å². The van der Waals surface area contributed by atoms with Crippen molar-refractivity contribution >= 4 is 10.9 Å². The van der Waals surface area contributed by atoms with E-state index in [1.807, 2.05) is 19.1 Å². The molecule has 4 nitrogen and oxygen atoms in total. The summed E-state index contributed by atoms with van der Waals surface area (Å²) in [5.41, 5.74) is 3.64. The Bertz CT molecular complexity index is 588. The first kappa shape index (κ1) is 16.0. The second-order valence-corrected chi connectivity index (χ2v) is 5.69. The average molecular weight is 290 g/mol. The first-order valence-corrected chi connectivity index (χ1v) is 7.65. The Morgan fingerprint density at radius 2 is 1.95 bits per heavy atom. The lowest BCUT2D eigenvalue weighted by Gasteiger charge is -2.19. The van der Waals surface area contributed by atoms with Crippen molar-refractivity contribution in [3.8, 4) is 0 Å². The summed E-state index contributed by atoms with van der Waals surface area (Å²) < 4.78 is 2.18. The van der Waals surface area contributed by atoms with E-state index in [1.54, 1.807) is 0 Å². The molecule has 1 aromatic carbocycles. The van der Waals surface area contributed by atoms with Gasteiger partial charge in [0.1, 0.15) is 0 Å². The number of nitrogens with zero attached hydrogens (tertiary/aromatic N) is 1. The lowest BCUT2D eigenvalue weighted by Crippen LogP contribution is -2.39. The molecule has 2 aromatic rings. The molecule has 0 spiro atoms. The minimum atomic E-state index is -0.473. The Hall–Kier alpha value is -1.36. The Kier molecular flexibility index (Phi) is 5.39. The number of aliphatic hydroxyl groups excluding tert-OH is 2. The molecule has 0 fully saturated rings. The Labute approximate surface area is 126 Å². The Morgan fingerprint density at radius 1 is 1.24 bits per heavy atom. The Balaban J connectivity index is 2.11. The average Bonchev–Trinajstić information content (AvgIpc) is 2.74. The maximum Gasteiger partial charge on any atom is 0.0843 e. The van der Waals surface area contributed by atoms with Crippen LogP contribution in [0.5, 0.6) is 0 Å². The number of aryl methyl sites for hydroxylation is 1. The van der Waals surface area contributed by atoms with Gasteiger partial charge in [-0.15, -0.1) is 0 Å². The molecule has 0 aliphatic carbocycles. The van der Waals surface area contributed by atoms with Gasteiger partial charge in [-0.3, -0.25) is 0 Å². The fourth-order valence-corrected chi connectivity index (χ4v) is 2.76. The van der Waals surface area contributed by atoms with E-state index in [9.17, 15) is 5.11 Å². The second-order valence-electron chi connectivity index (χ2n) is 5.69. The van der Waals surface area contributed by atoms with Crippen molar-refractivity contribution in [1.29, 1.82) is 0 Å². The van der Waals surface area contributed by atoms with Crippen molar-refractivity contribution < 1.29 is 10.2 Å². The zero-order valence-electron chi connectivity index (χ0n) is 13.1. The van der Waals surface area contributed by atoms with Crippen molar-refractivity contribution in [2.24, 2.45) is 0 Å². The number of hydrogen-bond acceptors (Lipinski definition) is 3. The van der Waals surface area contributed by atoms with E-state index in [-0.39, 0.29) is 12.6 Å². The Morgan fingerprint density at radius 3 is 2.62 bits per heavy atom. The molecule has 4 heteroatoms. The number of nitrogens with one attached hydrogen (secondary N) is 1. The largest absolute Gasteiger partial charge is 0.395 e. The normalized spacial score (nSPS) is 14.5. The van der Waals surface area contributed by atoms with Gasteiger partial charge in [-0.05, 0) is 31.9 Å². The van der Waals surface area contributed by atoms with Gasteiger partial charge < -0.3 is 20.1 Å². The molecular formula is C17H26N2O2.